The van der Waals surface area contributed by atoms with Crippen molar-refractivity contribution in [2.75, 3.05) is 12.0 Å². The molecule has 1 aromatic carbocycles. The maximum atomic E-state index is 11.9. The Morgan fingerprint density at radius 3 is 2.75 bits per heavy atom. The monoisotopic (exact) mass is 258 g/mol. The smallest absolute Gasteiger partial charge is 0.265 e. The average molecular weight is 258 g/mol. The second-order valence-electron chi connectivity index (χ2n) is 3.46. The first-order valence-corrected chi connectivity index (χ1v) is 7.42. The van der Waals surface area contributed by atoms with Gasteiger partial charge in [-0.15, -0.1) is 11.8 Å². The molecule has 6 heteroatoms. The molecule has 0 aromatic heterocycles. The van der Waals surface area contributed by atoms with Gasteiger partial charge in [-0.3, -0.25) is 8.98 Å². The van der Waals surface area contributed by atoms with E-state index in [1.165, 1.54) is 11.8 Å². The van der Waals surface area contributed by atoms with Crippen LogP contribution in [0.3, 0.4) is 0 Å². The zero-order valence-electron chi connectivity index (χ0n) is 8.54. The van der Waals surface area contributed by atoms with E-state index in [1.54, 1.807) is 12.1 Å². The van der Waals surface area contributed by atoms with Gasteiger partial charge in [-0.2, -0.15) is 8.42 Å². The van der Waals surface area contributed by atoms with Crippen LogP contribution < -0.4 is 0 Å². The number of benzene rings is 1. The summed E-state index contributed by atoms with van der Waals surface area (Å²) in [7, 11) is -3.59. The highest BCUT2D eigenvalue weighted by Crippen LogP contribution is 2.31. The number of Topliss-reactive ketones (excluding diaryl/α,β-unsaturated/α-hetero) is 1. The van der Waals surface area contributed by atoms with E-state index < -0.39 is 16.2 Å². The lowest BCUT2D eigenvalue weighted by Crippen LogP contribution is -2.32. The molecule has 0 saturated heterocycles. The van der Waals surface area contributed by atoms with Crippen molar-refractivity contribution >= 4 is 27.7 Å². The molecule has 0 N–H and O–H groups in total. The molecular formula is C10H10O4S2. The molecule has 2 rings (SSSR count). The highest BCUT2D eigenvalue weighted by atomic mass is 32.2. The molecule has 4 nitrogen and oxygen atoms in total. The number of thioether (sulfide) groups is 1. The molecule has 0 spiro atoms. The molecule has 0 saturated carbocycles. The van der Waals surface area contributed by atoms with Gasteiger partial charge in [0.2, 0.25) is 0 Å². The Bertz CT molecular complexity index is 521. The molecule has 86 valence electrons. The van der Waals surface area contributed by atoms with Gasteiger partial charge in [0.25, 0.3) is 10.1 Å². The largest absolute Gasteiger partial charge is 0.291 e. The quantitative estimate of drug-likeness (QED) is 0.749. The number of hydrogen-bond donors (Lipinski definition) is 0. The molecule has 1 aliphatic rings. The Hall–Kier alpha value is -0.850. The van der Waals surface area contributed by atoms with Crippen molar-refractivity contribution < 1.29 is 17.4 Å². The molecule has 0 bridgehead atoms. The Morgan fingerprint density at radius 2 is 2.06 bits per heavy atom. The Kier molecular flexibility index (Phi) is 3.05. The van der Waals surface area contributed by atoms with E-state index in [1.807, 2.05) is 12.1 Å². The zero-order chi connectivity index (χ0) is 11.8. The predicted octanol–water partition coefficient (Wildman–Crippen LogP) is 1.32. The van der Waals surface area contributed by atoms with E-state index in [0.29, 0.717) is 11.3 Å². The van der Waals surface area contributed by atoms with Crippen LogP contribution in [0.1, 0.15) is 10.4 Å². The lowest BCUT2D eigenvalue weighted by atomic mass is 10.1. The van der Waals surface area contributed by atoms with Gasteiger partial charge in [-0.1, -0.05) is 18.2 Å². The lowest BCUT2D eigenvalue weighted by Gasteiger charge is -2.21. The summed E-state index contributed by atoms with van der Waals surface area (Å²) in [6, 6.07) is 7.12. The van der Waals surface area contributed by atoms with Crippen LogP contribution in [0, 0.1) is 0 Å². The normalized spacial score (nSPS) is 20.6. The summed E-state index contributed by atoms with van der Waals surface area (Å²) in [5, 5.41) is 0. The van der Waals surface area contributed by atoms with Crippen LogP contribution in [0.5, 0.6) is 0 Å². The third-order valence-corrected chi connectivity index (χ3v) is 3.84. The molecule has 0 amide bonds. The fourth-order valence-electron chi connectivity index (χ4n) is 1.49. The van der Waals surface area contributed by atoms with Crippen LogP contribution in [0.2, 0.25) is 0 Å². The first-order valence-electron chi connectivity index (χ1n) is 4.62. The number of carbonyl (C=O) groups excluding carboxylic acids is 1. The summed E-state index contributed by atoms with van der Waals surface area (Å²) >= 11 is 1.43. The van der Waals surface area contributed by atoms with Crippen molar-refractivity contribution in [1.29, 1.82) is 0 Å². The second-order valence-corrected chi connectivity index (χ2v) is 6.12. The van der Waals surface area contributed by atoms with Crippen LogP contribution in [0.15, 0.2) is 29.2 Å². The highest BCUT2D eigenvalue weighted by molar-refractivity contribution is 7.99. The van der Waals surface area contributed by atoms with E-state index in [2.05, 4.69) is 0 Å². The minimum atomic E-state index is -3.59. The first kappa shape index (κ1) is 11.6. The van der Waals surface area contributed by atoms with Crippen LogP contribution in [-0.2, 0) is 14.3 Å². The van der Waals surface area contributed by atoms with Gasteiger partial charge in [0.15, 0.2) is 5.78 Å². The van der Waals surface area contributed by atoms with Crippen LogP contribution in [0.25, 0.3) is 0 Å². The predicted molar refractivity (Wildman–Crippen MR) is 61.2 cm³/mol. The number of rotatable bonds is 2. The third kappa shape index (κ3) is 2.45. The Labute approximate surface area is 98.1 Å². The third-order valence-electron chi connectivity index (χ3n) is 2.13. The fraction of sp³-hybridized carbons (Fsp3) is 0.300. The average Bonchev–Trinajstić information content (AvgIpc) is 2.21. The topological polar surface area (TPSA) is 60.4 Å². The fourth-order valence-corrected chi connectivity index (χ4v) is 3.21. The van der Waals surface area contributed by atoms with Gasteiger partial charge in [-0.25, -0.2) is 0 Å². The van der Waals surface area contributed by atoms with E-state index in [4.69, 9.17) is 4.18 Å². The molecule has 16 heavy (non-hydrogen) atoms. The summed E-state index contributed by atoms with van der Waals surface area (Å²) < 4.78 is 26.7. The zero-order valence-corrected chi connectivity index (χ0v) is 10.2. The summed E-state index contributed by atoms with van der Waals surface area (Å²) in [6.07, 6.45) is 0.0562. The van der Waals surface area contributed by atoms with Crippen molar-refractivity contribution in [2.24, 2.45) is 0 Å². The molecule has 1 atom stereocenters. The van der Waals surface area contributed by atoms with Crippen LogP contribution in [-0.4, -0.2) is 32.3 Å². The number of carbonyl (C=O) groups is 1. The minimum Gasteiger partial charge on any atom is -0.291 e. The summed E-state index contributed by atoms with van der Waals surface area (Å²) in [4.78, 5) is 12.8. The second kappa shape index (κ2) is 4.20. The van der Waals surface area contributed by atoms with Crippen molar-refractivity contribution in [2.45, 2.75) is 11.0 Å². The van der Waals surface area contributed by atoms with Gasteiger partial charge in [0, 0.05) is 16.2 Å². The van der Waals surface area contributed by atoms with Gasteiger partial charge in [-0.05, 0) is 6.07 Å². The van der Waals surface area contributed by atoms with Gasteiger partial charge < -0.3 is 0 Å². The van der Waals surface area contributed by atoms with Gasteiger partial charge >= 0.3 is 0 Å². The van der Waals surface area contributed by atoms with Crippen LogP contribution in [0.4, 0.5) is 0 Å². The maximum Gasteiger partial charge on any atom is 0.265 e. The summed E-state index contributed by atoms with van der Waals surface area (Å²) in [5.41, 5.74) is 0.535. The van der Waals surface area contributed by atoms with Crippen molar-refractivity contribution in [3.63, 3.8) is 0 Å². The van der Waals surface area contributed by atoms with Crippen molar-refractivity contribution in [1.82, 2.24) is 0 Å². The molecule has 1 aliphatic heterocycles. The van der Waals surface area contributed by atoms with E-state index in [0.717, 1.165) is 11.2 Å². The molecule has 1 heterocycles. The van der Waals surface area contributed by atoms with Crippen molar-refractivity contribution in [3.8, 4) is 0 Å². The minimum absolute atomic E-state index is 0.264. The summed E-state index contributed by atoms with van der Waals surface area (Å²) in [6.45, 7) is 0. The van der Waals surface area contributed by atoms with Crippen molar-refractivity contribution in [3.05, 3.63) is 29.8 Å². The van der Waals surface area contributed by atoms with E-state index >= 15 is 0 Å². The van der Waals surface area contributed by atoms with E-state index in [9.17, 15) is 13.2 Å². The number of ketones is 1. The first-order chi connectivity index (χ1) is 7.47. The lowest BCUT2D eigenvalue weighted by molar-refractivity contribution is 0.0825. The molecule has 0 radical (unpaired) electrons. The Balaban J connectivity index is 2.28. The maximum absolute atomic E-state index is 11.9. The number of fused-ring (bicyclic) bond motifs is 1. The summed E-state index contributed by atoms with van der Waals surface area (Å²) in [5.74, 6) is 0.0721. The highest BCUT2D eigenvalue weighted by Gasteiger charge is 2.30. The molecular weight excluding hydrogens is 248 g/mol. The molecule has 1 unspecified atom stereocenters. The molecule has 0 fully saturated rings. The molecule has 0 aliphatic carbocycles. The Morgan fingerprint density at radius 1 is 1.38 bits per heavy atom. The molecule has 1 aromatic rings. The van der Waals surface area contributed by atoms with Gasteiger partial charge in [0.1, 0.15) is 6.10 Å². The van der Waals surface area contributed by atoms with E-state index in [-0.39, 0.29) is 5.78 Å². The van der Waals surface area contributed by atoms with Gasteiger partial charge in [0.05, 0.1) is 6.26 Å². The van der Waals surface area contributed by atoms with Crippen LogP contribution >= 0.6 is 11.8 Å². The standard InChI is InChI=1S/C10H10O4S2/c1-16(12,13)14-8-6-15-9-5-3-2-4-7(9)10(8)11/h2-5,8H,6H2,1H3. The SMILES string of the molecule is CS(=O)(=O)OC1CSc2ccccc2C1=O. The number of hydrogen-bond acceptors (Lipinski definition) is 5.